The van der Waals surface area contributed by atoms with E-state index in [9.17, 15) is 4.79 Å². The van der Waals surface area contributed by atoms with Crippen LogP contribution in [0.4, 0.5) is 11.4 Å². The summed E-state index contributed by atoms with van der Waals surface area (Å²) in [5.74, 6) is 1.12. The van der Waals surface area contributed by atoms with Crippen molar-refractivity contribution in [3.63, 3.8) is 0 Å². The quantitative estimate of drug-likeness (QED) is 0.647. The third-order valence-electron chi connectivity index (χ3n) is 5.88. The molecule has 6 heteroatoms. The van der Waals surface area contributed by atoms with Crippen LogP contribution >= 0.6 is 0 Å². The molecule has 0 unspecified atom stereocenters. The Kier molecular flexibility index (Phi) is 6.37. The second-order valence-corrected chi connectivity index (χ2v) is 8.04. The van der Waals surface area contributed by atoms with Gasteiger partial charge in [-0.2, -0.15) is 0 Å². The Balaban J connectivity index is 1.39. The lowest BCUT2D eigenvalue weighted by Crippen LogP contribution is -2.46. The first kappa shape index (κ1) is 21.1. The number of hydrogen-bond donors (Lipinski definition) is 1. The van der Waals surface area contributed by atoms with Crippen LogP contribution in [-0.4, -0.2) is 48.5 Å². The molecule has 0 radical (unpaired) electrons. The summed E-state index contributed by atoms with van der Waals surface area (Å²) < 4.78 is 5.77. The van der Waals surface area contributed by atoms with Crippen LogP contribution in [0.15, 0.2) is 52.9 Å². The van der Waals surface area contributed by atoms with Gasteiger partial charge in [0.15, 0.2) is 0 Å². The molecule has 1 aliphatic heterocycles. The minimum Gasteiger partial charge on any atom is -0.441 e. The Hall–Kier alpha value is -3.12. The molecule has 162 valence electrons. The summed E-state index contributed by atoms with van der Waals surface area (Å²) >= 11 is 0. The van der Waals surface area contributed by atoms with Gasteiger partial charge in [-0.25, -0.2) is 4.98 Å². The Morgan fingerprint density at radius 3 is 2.48 bits per heavy atom. The molecule has 1 N–H and O–H groups in total. The van der Waals surface area contributed by atoms with Crippen molar-refractivity contribution in [3.05, 3.63) is 65.5 Å². The molecule has 1 aliphatic rings. The zero-order chi connectivity index (χ0) is 21.8. The van der Waals surface area contributed by atoms with Crippen molar-refractivity contribution < 1.29 is 9.21 Å². The van der Waals surface area contributed by atoms with Gasteiger partial charge in [-0.15, -0.1) is 0 Å². The summed E-state index contributed by atoms with van der Waals surface area (Å²) in [6, 6.07) is 15.9. The highest BCUT2D eigenvalue weighted by molar-refractivity contribution is 5.92. The number of benzene rings is 2. The van der Waals surface area contributed by atoms with Gasteiger partial charge < -0.3 is 19.5 Å². The number of nitrogens with one attached hydrogen (secondary N) is 1. The third-order valence-corrected chi connectivity index (χ3v) is 5.88. The third kappa shape index (κ3) is 4.97. The monoisotopic (exact) mass is 418 g/mol. The normalized spacial score (nSPS) is 14.6. The second kappa shape index (κ2) is 9.35. The number of aromatic nitrogens is 1. The molecule has 1 saturated heterocycles. The lowest BCUT2D eigenvalue weighted by atomic mass is 10.1. The number of carbonyl (C=O) groups excluding carboxylic acids is 1. The molecule has 1 amide bonds. The summed E-state index contributed by atoms with van der Waals surface area (Å²) in [5.41, 5.74) is 4.80. The number of piperazine rings is 1. The summed E-state index contributed by atoms with van der Waals surface area (Å²) in [7, 11) is 0. The molecule has 1 fully saturated rings. The van der Waals surface area contributed by atoms with E-state index in [1.54, 1.807) is 0 Å². The number of carbonyl (C=O) groups is 1. The van der Waals surface area contributed by atoms with Crippen LogP contribution in [0.5, 0.6) is 0 Å². The molecule has 0 bridgehead atoms. The molecule has 3 aromatic rings. The number of anilines is 2. The van der Waals surface area contributed by atoms with Gasteiger partial charge in [-0.05, 0) is 56.3 Å². The highest BCUT2D eigenvalue weighted by Gasteiger charge is 2.18. The fraction of sp³-hybridized carbons (Fsp3) is 0.360. The fourth-order valence-electron chi connectivity index (χ4n) is 4.05. The van der Waals surface area contributed by atoms with Crippen molar-refractivity contribution in [2.24, 2.45) is 0 Å². The predicted octanol–water partition coefficient (Wildman–Crippen LogP) is 4.28. The molecule has 1 aromatic heterocycles. The number of hydrogen-bond acceptors (Lipinski definition) is 5. The number of amides is 1. The van der Waals surface area contributed by atoms with E-state index in [1.165, 1.54) is 11.3 Å². The molecule has 0 aliphatic carbocycles. The van der Waals surface area contributed by atoms with Crippen molar-refractivity contribution in [1.82, 2.24) is 9.88 Å². The van der Waals surface area contributed by atoms with E-state index < -0.39 is 0 Å². The Morgan fingerprint density at radius 2 is 1.81 bits per heavy atom. The first-order valence-electron chi connectivity index (χ1n) is 10.9. The van der Waals surface area contributed by atoms with Gasteiger partial charge >= 0.3 is 0 Å². The van der Waals surface area contributed by atoms with Crippen LogP contribution in [0, 0.1) is 13.8 Å². The van der Waals surface area contributed by atoms with E-state index in [1.807, 2.05) is 49.4 Å². The summed E-state index contributed by atoms with van der Waals surface area (Å²) in [5, 5.41) is 3.01. The topological polar surface area (TPSA) is 61.6 Å². The number of rotatable bonds is 6. The van der Waals surface area contributed by atoms with Gasteiger partial charge in [0.2, 0.25) is 11.8 Å². The minimum atomic E-state index is -0.0975. The SMILES string of the molecule is CCN1CCN(c2ccc(NC(=O)Cc3nc(-c4ccccc4)oc3C)cc2C)CC1. The lowest BCUT2D eigenvalue weighted by molar-refractivity contribution is -0.115. The van der Waals surface area contributed by atoms with Crippen LogP contribution < -0.4 is 10.2 Å². The largest absolute Gasteiger partial charge is 0.441 e. The molecule has 31 heavy (non-hydrogen) atoms. The molecule has 0 saturated carbocycles. The van der Waals surface area contributed by atoms with Gasteiger partial charge in [0.1, 0.15) is 5.76 Å². The first-order valence-corrected chi connectivity index (χ1v) is 10.9. The molecule has 4 rings (SSSR count). The highest BCUT2D eigenvalue weighted by atomic mass is 16.4. The van der Waals surface area contributed by atoms with E-state index in [0.717, 1.165) is 44.0 Å². The summed E-state index contributed by atoms with van der Waals surface area (Å²) in [4.78, 5) is 22.1. The maximum absolute atomic E-state index is 12.6. The average Bonchev–Trinajstić information content (AvgIpc) is 3.14. The Morgan fingerprint density at radius 1 is 1.06 bits per heavy atom. The predicted molar refractivity (Wildman–Crippen MR) is 125 cm³/mol. The summed E-state index contributed by atoms with van der Waals surface area (Å²) in [6.07, 6.45) is 0.182. The Bertz CT molecular complexity index is 1040. The van der Waals surface area contributed by atoms with Gasteiger partial charge in [0.05, 0.1) is 12.1 Å². The zero-order valence-corrected chi connectivity index (χ0v) is 18.5. The lowest BCUT2D eigenvalue weighted by Gasteiger charge is -2.36. The van der Waals surface area contributed by atoms with E-state index in [0.29, 0.717) is 17.3 Å². The second-order valence-electron chi connectivity index (χ2n) is 8.04. The van der Waals surface area contributed by atoms with E-state index in [2.05, 4.69) is 40.0 Å². The molecular weight excluding hydrogens is 388 g/mol. The van der Waals surface area contributed by atoms with Gasteiger partial charge in [0, 0.05) is 43.1 Å². The van der Waals surface area contributed by atoms with Gasteiger partial charge in [-0.1, -0.05) is 25.1 Å². The van der Waals surface area contributed by atoms with E-state index in [4.69, 9.17) is 4.42 Å². The van der Waals surface area contributed by atoms with Crippen molar-refractivity contribution in [2.45, 2.75) is 27.2 Å². The average molecular weight is 419 g/mol. The molecule has 0 spiro atoms. The van der Waals surface area contributed by atoms with Crippen LogP contribution in [-0.2, 0) is 11.2 Å². The zero-order valence-electron chi connectivity index (χ0n) is 18.5. The van der Waals surface area contributed by atoms with Crippen molar-refractivity contribution >= 4 is 17.3 Å². The van der Waals surface area contributed by atoms with Gasteiger partial charge in [0.25, 0.3) is 0 Å². The fourth-order valence-corrected chi connectivity index (χ4v) is 4.05. The molecular formula is C25H30N4O2. The number of nitrogens with zero attached hydrogens (tertiary/aromatic N) is 3. The number of likely N-dealkylation sites (N-methyl/N-ethyl adjacent to an activating group) is 1. The van der Waals surface area contributed by atoms with Crippen molar-refractivity contribution in [3.8, 4) is 11.5 Å². The van der Waals surface area contributed by atoms with Crippen LogP contribution in [0.2, 0.25) is 0 Å². The number of oxazole rings is 1. The molecule has 6 nitrogen and oxygen atoms in total. The summed E-state index contributed by atoms with van der Waals surface area (Å²) in [6.45, 7) is 11.5. The smallest absolute Gasteiger partial charge is 0.230 e. The number of aryl methyl sites for hydroxylation is 2. The Labute approximate surface area is 183 Å². The maximum Gasteiger partial charge on any atom is 0.230 e. The van der Waals surface area contributed by atoms with Crippen molar-refractivity contribution in [2.75, 3.05) is 42.9 Å². The van der Waals surface area contributed by atoms with Crippen molar-refractivity contribution in [1.29, 1.82) is 0 Å². The maximum atomic E-state index is 12.6. The van der Waals surface area contributed by atoms with Gasteiger partial charge in [-0.3, -0.25) is 4.79 Å². The first-order chi connectivity index (χ1) is 15.0. The molecule has 2 heterocycles. The van der Waals surface area contributed by atoms with Crippen LogP contribution in [0.3, 0.4) is 0 Å². The minimum absolute atomic E-state index is 0.0975. The molecule has 0 atom stereocenters. The van der Waals surface area contributed by atoms with E-state index >= 15 is 0 Å². The van der Waals surface area contributed by atoms with Crippen LogP contribution in [0.25, 0.3) is 11.5 Å². The highest BCUT2D eigenvalue weighted by Crippen LogP contribution is 2.25. The standard InChI is InChI=1S/C25H30N4O2/c1-4-28-12-14-29(15-13-28)23-11-10-21(16-18(23)2)26-24(30)17-22-19(3)31-25(27-22)20-8-6-5-7-9-20/h5-11,16H,4,12-15,17H2,1-3H3,(H,26,30). The molecule has 2 aromatic carbocycles. The van der Waals surface area contributed by atoms with E-state index in [-0.39, 0.29) is 12.3 Å². The van der Waals surface area contributed by atoms with Crippen LogP contribution in [0.1, 0.15) is 23.9 Å².